The van der Waals surface area contributed by atoms with Gasteiger partial charge < -0.3 is 15.0 Å². The highest BCUT2D eigenvalue weighted by molar-refractivity contribution is 5.91. The maximum Gasteiger partial charge on any atom is 0.303 e. The van der Waals surface area contributed by atoms with Gasteiger partial charge in [-0.15, -0.1) is 0 Å². The first-order chi connectivity index (χ1) is 10.2. The van der Waals surface area contributed by atoms with E-state index in [1.54, 1.807) is 0 Å². The molecule has 1 aromatic carbocycles. The number of nitrogens with one attached hydrogen (secondary N) is 1. The second kappa shape index (κ2) is 4.79. The summed E-state index contributed by atoms with van der Waals surface area (Å²) in [7, 11) is 0. The van der Waals surface area contributed by atoms with E-state index in [9.17, 15) is 4.79 Å². The molecule has 1 fully saturated rings. The van der Waals surface area contributed by atoms with Gasteiger partial charge in [0.15, 0.2) is 0 Å². The van der Waals surface area contributed by atoms with Crippen molar-refractivity contribution in [2.75, 3.05) is 18.0 Å². The molecule has 0 spiro atoms. The molecule has 4 nitrogen and oxygen atoms in total. The maximum absolute atomic E-state index is 10.6. The zero-order valence-corrected chi connectivity index (χ0v) is 12.1. The van der Waals surface area contributed by atoms with E-state index < -0.39 is 5.97 Å². The summed E-state index contributed by atoms with van der Waals surface area (Å²) in [4.78, 5) is 16.7. The third kappa shape index (κ3) is 2.09. The van der Waals surface area contributed by atoms with E-state index in [-0.39, 0.29) is 6.42 Å². The Morgan fingerprint density at radius 1 is 1.33 bits per heavy atom. The minimum atomic E-state index is -0.708. The number of hydrogen-bond donors (Lipinski definition) is 2. The number of aryl methyl sites for hydroxylation is 1. The van der Waals surface area contributed by atoms with Gasteiger partial charge in [-0.25, -0.2) is 0 Å². The number of hydrogen-bond acceptors (Lipinski definition) is 2. The molecule has 0 aliphatic carbocycles. The number of rotatable bonds is 4. The molecule has 0 atom stereocenters. The van der Waals surface area contributed by atoms with E-state index in [2.05, 4.69) is 28.1 Å². The molecule has 3 aliphatic heterocycles. The van der Waals surface area contributed by atoms with Gasteiger partial charge in [-0.2, -0.15) is 0 Å². The molecule has 0 radical (unpaired) electrons. The average Bonchev–Trinajstić information content (AvgIpc) is 2.89. The first kappa shape index (κ1) is 12.7. The average molecular weight is 284 g/mol. The van der Waals surface area contributed by atoms with Crippen molar-refractivity contribution in [2.45, 2.75) is 38.0 Å². The summed E-state index contributed by atoms with van der Waals surface area (Å²) in [5, 5.41) is 10.1. The largest absolute Gasteiger partial charge is 0.481 e. The molecule has 110 valence electrons. The lowest BCUT2D eigenvalue weighted by Crippen LogP contribution is -2.38. The maximum atomic E-state index is 10.6. The van der Waals surface area contributed by atoms with Crippen LogP contribution < -0.4 is 4.90 Å². The van der Waals surface area contributed by atoms with Crippen molar-refractivity contribution in [3.05, 3.63) is 29.3 Å². The monoisotopic (exact) mass is 284 g/mol. The van der Waals surface area contributed by atoms with E-state index in [1.165, 1.54) is 53.8 Å². The van der Waals surface area contributed by atoms with E-state index in [0.717, 1.165) is 6.42 Å². The molecule has 1 aromatic heterocycles. The quantitative estimate of drug-likeness (QED) is 0.906. The molecule has 1 saturated heterocycles. The van der Waals surface area contributed by atoms with Crippen LogP contribution in [0.1, 0.15) is 42.7 Å². The van der Waals surface area contributed by atoms with Crippen LogP contribution in [0.2, 0.25) is 0 Å². The van der Waals surface area contributed by atoms with Gasteiger partial charge in [0.2, 0.25) is 0 Å². The van der Waals surface area contributed by atoms with Crippen LogP contribution >= 0.6 is 0 Å². The summed E-state index contributed by atoms with van der Waals surface area (Å²) in [5.41, 5.74) is 3.98. The molecule has 2 bridgehead atoms. The fourth-order valence-corrected chi connectivity index (χ4v) is 3.90. The molecular formula is C17H20N2O2. The third-order valence-electron chi connectivity index (χ3n) is 4.96. The van der Waals surface area contributed by atoms with Gasteiger partial charge in [0.1, 0.15) is 5.82 Å². The molecule has 2 N–H and O–H groups in total. The summed E-state index contributed by atoms with van der Waals surface area (Å²) in [6.07, 6.45) is 4.34. The Labute approximate surface area is 123 Å². The SMILES string of the molecule is O=C(O)CCCc1ccc2[nH]c3c(c2c1)C1CCN3CC1. The summed E-state index contributed by atoms with van der Waals surface area (Å²) in [6, 6.07) is 6.56. The van der Waals surface area contributed by atoms with Gasteiger partial charge in [0.25, 0.3) is 0 Å². The standard InChI is InChI=1S/C17H20N2O2/c20-15(21)3-1-2-11-4-5-14-13(10-11)16-12-6-8-19(9-7-12)17(16)18-14/h4-5,10,12,18H,1-3,6-9H2,(H,20,21). The van der Waals surface area contributed by atoms with Crippen LogP contribution in [0.25, 0.3) is 10.9 Å². The van der Waals surface area contributed by atoms with Crippen molar-refractivity contribution < 1.29 is 9.90 Å². The highest BCUT2D eigenvalue weighted by atomic mass is 16.4. The molecule has 5 rings (SSSR count). The zero-order valence-electron chi connectivity index (χ0n) is 12.1. The lowest BCUT2D eigenvalue weighted by Gasteiger charge is -2.40. The summed E-state index contributed by atoms with van der Waals surface area (Å²) in [6.45, 7) is 2.35. The van der Waals surface area contributed by atoms with Gasteiger partial charge in [-0.05, 0) is 49.3 Å². The fourth-order valence-electron chi connectivity index (χ4n) is 3.90. The number of carboxylic acid groups (broad SMARTS) is 1. The van der Waals surface area contributed by atoms with Crippen LogP contribution in [0.4, 0.5) is 5.82 Å². The number of carboxylic acids is 1. The Kier molecular flexibility index (Phi) is 2.91. The number of carbonyl (C=O) groups is 1. The molecule has 3 aliphatic rings. The van der Waals surface area contributed by atoms with E-state index in [4.69, 9.17) is 5.11 Å². The predicted molar refractivity (Wildman–Crippen MR) is 83.1 cm³/mol. The van der Waals surface area contributed by atoms with E-state index >= 15 is 0 Å². The summed E-state index contributed by atoms with van der Waals surface area (Å²) in [5.74, 6) is 1.32. The number of aromatic amines is 1. The highest BCUT2D eigenvalue weighted by Crippen LogP contribution is 2.45. The second-order valence-electron chi connectivity index (χ2n) is 6.28. The number of aromatic nitrogens is 1. The number of fused-ring (bicyclic) bond motifs is 3. The van der Waals surface area contributed by atoms with Crippen LogP contribution in [0.15, 0.2) is 18.2 Å². The minimum Gasteiger partial charge on any atom is -0.481 e. The first-order valence-electron chi connectivity index (χ1n) is 7.83. The number of benzene rings is 1. The van der Waals surface area contributed by atoms with Crippen LogP contribution in [0.3, 0.4) is 0 Å². The predicted octanol–water partition coefficient (Wildman–Crippen LogP) is 3.27. The lowest BCUT2D eigenvalue weighted by atomic mass is 9.84. The van der Waals surface area contributed by atoms with Crippen molar-refractivity contribution in [1.82, 2.24) is 4.98 Å². The number of piperidine rings is 1. The van der Waals surface area contributed by atoms with Gasteiger partial charge in [0.05, 0.1) is 0 Å². The van der Waals surface area contributed by atoms with Gasteiger partial charge in [-0.3, -0.25) is 4.79 Å². The molecule has 0 unspecified atom stereocenters. The number of nitrogens with zero attached hydrogens (tertiary/aromatic N) is 1. The summed E-state index contributed by atoms with van der Waals surface area (Å²) < 4.78 is 0. The first-order valence-corrected chi connectivity index (χ1v) is 7.83. The highest BCUT2D eigenvalue weighted by Gasteiger charge is 2.33. The van der Waals surface area contributed by atoms with Crippen LogP contribution in [-0.4, -0.2) is 29.1 Å². The fraction of sp³-hybridized carbons (Fsp3) is 0.471. The van der Waals surface area contributed by atoms with Crippen LogP contribution in [0.5, 0.6) is 0 Å². The van der Waals surface area contributed by atoms with Crippen LogP contribution in [-0.2, 0) is 11.2 Å². The van der Waals surface area contributed by atoms with Crippen molar-refractivity contribution in [1.29, 1.82) is 0 Å². The van der Waals surface area contributed by atoms with Crippen molar-refractivity contribution in [3.8, 4) is 0 Å². The molecule has 21 heavy (non-hydrogen) atoms. The second-order valence-corrected chi connectivity index (χ2v) is 6.28. The Morgan fingerprint density at radius 3 is 2.90 bits per heavy atom. The smallest absolute Gasteiger partial charge is 0.303 e. The number of aliphatic carboxylic acids is 1. The number of H-pyrrole nitrogens is 1. The molecule has 4 heterocycles. The van der Waals surface area contributed by atoms with Gasteiger partial charge in [-0.1, -0.05) is 6.07 Å². The normalized spacial score (nSPS) is 17.4. The molecule has 4 heteroatoms. The molecular weight excluding hydrogens is 264 g/mol. The summed E-state index contributed by atoms with van der Waals surface area (Å²) >= 11 is 0. The lowest BCUT2D eigenvalue weighted by molar-refractivity contribution is -0.137. The minimum absolute atomic E-state index is 0.250. The van der Waals surface area contributed by atoms with E-state index in [0.29, 0.717) is 12.3 Å². The van der Waals surface area contributed by atoms with Crippen molar-refractivity contribution in [2.24, 2.45) is 0 Å². The molecule has 2 aromatic rings. The molecule has 0 saturated carbocycles. The molecule has 0 amide bonds. The third-order valence-corrected chi connectivity index (χ3v) is 4.96. The Morgan fingerprint density at radius 2 is 2.14 bits per heavy atom. The van der Waals surface area contributed by atoms with Crippen LogP contribution in [0, 0.1) is 0 Å². The van der Waals surface area contributed by atoms with Crippen molar-refractivity contribution in [3.63, 3.8) is 0 Å². The number of anilines is 1. The van der Waals surface area contributed by atoms with E-state index in [1.807, 2.05) is 0 Å². The van der Waals surface area contributed by atoms with Gasteiger partial charge in [0, 0.05) is 36.0 Å². The Hall–Kier alpha value is -1.97. The van der Waals surface area contributed by atoms with Crippen molar-refractivity contribution >= 4 is 22.7 Å². The Bertz CT molecular complexity index is 696. The topological polar surface area (TPSA) is 56.3 Å². The van der Waals surface area contributed by atoms with Gasteiger partial charge >= 0.3 is 5.97 Å². The zero-order chi connectivity index (χ0) is 14.4. The Balaban J connectivity index is 1.68.